The van der Waals surface area contributed by atoms with Crippen molar-refractivity contribution in [1.29, 1.82) is 0 Å². The zero-order chi connectivity index (χ0) is 41.4. The summed E-state index contributed by atoms with van der Waals surface area (Å²) in [5, 5.41) is 65.6. The number of nitrogens with two attached hydrogens (primary N) is 6. The fraction of sp³-hybridized carbons (Fsp3) is 0.419. The Balaban J connectivity index is -0.000000275. The molecular weight excluding hydrogens is 712 g/mol. The summed E-state index contributed by atoms with van der Waals surface area (Å²) in [5.41, 5.74) is 31.8. The van der Waals surface area contributed by atoms with E-state index < -0.39 is 72.6 Å². The van der Waals surface area contributed by atoms with Gasteiger partial charge in [-0.1, -0.05) is 42.5 Å². The van der Waals surface area contributed by atoms with Gasteiger partial charge in [-0.15, -0.1) is 0 Å². The van der Waals surface area contributed by atoms with Gasteiger partial charge in [0.2, 0.25) is 0 Å². The Labute approximate surface area is 304 Å². The van der Waals surface area contributed by atoms with Crippen LogP contribution >= 0.6 is 11.8 Å². The highest BCUT2D eigenvalue weighted by atomic mass is 32.2. The fourth-order valence-electron chi connectivity index (χ4n) is 2.37. The Kier molecular flexibility index (Phi) is 34.5. The van der Waals surface area contributed by atoms with Crippen molar-refractivity contribution >= 4 is 47.6 Å². The smallest absolute Gasteiger partial charge is 0.322 e. The molecule has 20 N–H and O–H groups in total. The van der Waals surface area contributed by atoms with Crippen molar-refractivity contribution < 1.29 is 69.6 Å². The van der Waals surface area contributed by atoms with E-state index in [9.17, 15) is 28.8 Å². The Bertz CT molecular complexity index is 1290. The van der Waals surface area contributed by atoms with Gasteiger partial charge in [-0.25, -0.2) is 0 Å². The first-order valence-electron chi connectivity index (χ1n) is 14.8. The summed E-state index contributed by atoms with van der Waals surface area (Å²) in [4.78, 5) is 59.3. The molecule has 0 amide bonds. The van der Waals surface area contributed by atoms with Gasteiger partial charge in [-0.3, -0.25) is 28.8 Å². The maximum absolute atomic E-state index is 10.4. The van der Waals surface area contributed by atoms with Crippen molar-refractivity contribution in [3.63, 3.8) is 0 Å². The van der Waals surface area contributed by atoms with E-state index in [-0.39, 0.29) is 18.7 Å². The molecule has 0 fully saturated rings. The molecule has 0 radical (unpaired) electrons. The second kappa shape index (κ2) is 33.3. The molecule has 5 atom stereocenters. The molecule has 0 unspecified atom stereocenters. The van der Waals surface area contributed by atoms with Gasteiger partial charge in [0.25, 0.3) is 0 Å². The lowest BCUT2D eigenvalue weighted by molar-refractivity contribution is -0.140. The number of rotatable bonds is 14. The average Bonchev–Trinajstić information content (AvgIpc) is 3.09. The summed E-state index contributed by atoms with van der Waals surface area (Å²) in [7, 11) is 0. The molecule has 0 saturated heterocycles. The first-order chi connectivity index (χ1) is 24.1. The first kappa shape index (κ1) is 53.9. The summed E-state index contributed by atoms with van der Waals surface area (Å²) >= 11 is 1.60. The van der Waals surface area contributed by atoms with E-state index in [2.05, 4.69) is 5.73 Å². The summed E-state index contributed by atoms with van der Waals surface area (Å²) < 4.78 is 0. The molecule has 0 aliphatic heterocycles. The van der Waals surface area contributed by atoms with Crippen molar-refractivity contribution in [3.8, 4) is 5.75 Å². The van der Waals surface area contributed by atoms with Crippen LogP contribution in [0.25, 0.3) is 0 Å². The molecular formula is C31H52N6O14S. The lowest BCUT2D eigenvalue weighted by atomic mass is 10.1. The van der Waals surface area contributed by atoms with Gasteiger partial charge in [0.05, 0.1) is 13.2 Å². The van der Waals surface area contributed by atoms with Crippen molar-refractivity contribution in [3.05, 3.63) is 65.7 Å². The van der Waals surface area contributed by atoms with Gasteiger partial charge < -0.3 is 75.3 Å². The Hall–Kier alpha value is -4.87. The topological polar surface area (TPSA) is 420 Å². The second-order valence-corrected chi connectivity index (χ2v) is 11.0. The third-order valence-corrected chi connectivity index (χ3v) is 6.00. The predicted molar refractivity (Wildman–Crippen MR) is 192 cm³/mol. The van der Waals surface area contributed by atoms with E-state index in [0.29, 0.717) is 12.8 Å². The van der Waals surface area contributed by atoms with Gasteiger partial charge >= 0.3 is 35.8 Å². The summed E-state index contributed by atoms with van der Waals surface area (Å²) in [5.74, 6) is -5.03. The van der Waals surface area contributed by atoms with E-state index in [0.717, 1.165) is 16.9 Å². The maximum Gasteiger partial charge on any atom is 0.322 e. The number of aliphatic hydroxyl groups is 1. The number of hydrogen-bond donors (Lipinski definition) is 14. The molecule has 0 bridgehead atoms. The molecule has 2 rings (SSSR count). The minimum absolute atomic E-state index is 0.160. The average molecular weight is 765 g/mol. The minimum atomic E-state index is -1.18. The lowest BCUT2D eigenvalue weighted by Crippen LogP contribution is -2.33. The predicted octanol–water partition coefficient (Wildman–Crippen LogP) is -2.02. The number of carboxylic acids is 6. The van der Waals surface area contributed by atoms with Crippen molar-refractivity contribution in [2.24, 2.45) is 34.4 Å². The molecule has 0 spiro atoms. The third-order valence-electron chi connectivity index (χ3n) is 5.35. The van der Waals surface area contributed by atoms with Crippen molar-refractivity contribution in [2.45, 2.75) is 56.4 Å². The number of carboxylic acid groups (broad SMARTS) is 6. The van der Waals surface area contributed by atoms with Gasteiger partial charge in [0.15, 0.2) is 0 Å². The first-order valence-corrected chi connectivity index (χ1v) is 16.2. The van der Waals surface area contributed by atoms with Crippen LogP contribution < -0.4 is 34.4 Å². The van der Waals surface area contributed by atoms with Crippen LogP contribution in [0.5, 0.6) is 5.75 Å². The molecule has 0 aliphatic carbocycles. The van der Waals surface area contributed by atoms with Gasteiger partial charge in [-0.2, -0.15) is 11.8 Å². The number of carbonyl (C=O) groups is 6. The van der Waals surface area contributed by atoms with E-state index >= 15 is 0 Å². The van der Waals surface area contributed by atoms with Crippen LogP contribution in [-0.4, -0.2) is 132 Å². The van der Waals surface area contributed by atoms with Gasteiger partial charge in [0.1, 0.15) is 36.0 Å². The number of hydrogen-bond acceptors (Lipinski definition) is 15. The van der Waals surface area contributed by atoms with Crippen molar-refractivity contribution in [1.82, 2.24) is 0 Å². The van der Waals surface area contributed by atoms with Crippen LogP contribution in [0.1, 0.15) is 24.5 Å². The summed E-state index contributed by atoms with van der Waals surface area (Å²) in [6.45, 7) is 0.637. The number of aliphatic hydroxyl groups excluding tert-OH is 1. The van der Waals surface area contributed by atoms with E-state index in [4.69, 9.17) is 69.5 Å². The Morgan fingerprint density at radius 1 is 0.615 bits per heavy atom. The summed E-state index contributed by atoms with van der Waals surface area (Å²) in [6.07, 6.45) is 3.14. The number of aromatic hydroxyl groups is 1. The minimum Gasteiger partial charge on any atom is -0.508 e. The van der Waals surface area contributed by atoms with E-state index in [1.54, 1.807) is 23.9 Å². The number of phenolic OH excluding ortho intramolecular Hbond substituents is 1. The Morgan fingerprint density at radius 2 is 0.962 bits per heavy atom. The molecule has 2 aromatic rings. The Morgan fingerprint density at radius 3 is 1.21 bits per heavy atom. The van der Waals surface area contributed by atoms with Crippen LogP contribution in [0.4, 0.5) is 0 Å². The number of phenols is 1. The highest BCUT2D eigenvalue weighted by molar-refractivity contribution is 7.98. The number of benzene rings is 2. The molecule has 52 heavy (non-hydrogen) atoms. The van der Waals surface area contributed by atoms with Crippen molar-refractivity contribution in [2.75, 3.05) is 25.2 Å². The molecule has 0 heterocycles. The monoisotopic (exact) mass is 764 g/mol. The molecule has 20 nitrogen and oxygen atoms in total. The number of aliphatic carboxylic acids is 6. The quantitative estimate of drug-likeness (QED) is 0.0986. The summed E-state index contributed by atoms with van der Waals surface area (Å²) in [6, 6.07) is 11.4. The van der Waals surface area contributed by atoms with E-state index in [1.807, 2.05) is 36.6 Å². The van der Waals surface area contributed by atoms with Crippen LogP contribution in [-0.2, 0) is 41.6 Å². The standard InChI is InChI=1S/C9H11NO3.C9H11NO2.C5H11NO2S.C3H7NO3.C3H7NO2.C2H5NO2/c10-8(9(12)13)5-6-1-3-7(11)4-2-6;10-8(9(11)12)6-7-4-2-1-3-5-7;1-9-3-2-4(6)5(7)8;4-2(1-5)3(6)7;1-2(4)3(5)6;3-1-2(4)5/h1-4,8,11H,5,10H2,(H,12,13);1-5,8H,6,10H2,(H,11,12);4H,2-3,6H2,1H3,(H,7,8);2,5H,1,4H2,(H,6,7);2H,4H2,1H3,(H,5,6);1,3H2,(H,4,5)/t2*8-;4-;2*2-;/m00000./s1. The van der Waals surface area contributed by atoms with E-state index in [1.165, 1.54) is 19.1 Å². The van der Waals surface area contributed by atoms with Gasteiger partial charge in [-0.05, 0) is 61.5 Å². The molecule has 21 heteroatoms. The highest BCUT2D eigenvalue weighted by Crippen LogP contribution is 2.10. The zero-order valence-electron chi connectivity index (χ0n) is 28.7. The SMILES string of the molecule is CSCC[C@H](N)C(=O)O.C[C@H](N)C(=O)O.NCC(=O)O.N[C@@H](CO)C(=O)O.N[C@@H](Cc1ccc(O)cc1)C(=O)O.N[C@@H](Cc1ccccc1)C(=O)O. The van der Waals surface area contributed by atoms with Crippen LogP contribution in [0.2, 0.25) is 0 Å². The third kappa shape index (κ3) is 36.4. The largest absolute Gasteiger partial charge is 0.508 e. The van der Waals surface area contributed by atoms with Crippen LogP contribution in [0, 0.1) is 0 Å². The maximum atomic E-state index is 10.4. The second-order valence-electron chi connectivity index (χ2n) is 10.0. The molecule has 0 saturated carbocycles. The highest BCUT2D eigenvalue weighted by Gasteiger charge is 2.12. The fourth-order valence-corrected chi connectivity index (χ4v) is 2.86. The normalized spacial score (nSPS) is 12.3. The van der Waals surface area contributed by atoms with Gasteiger partial charge in [0, 0.05) is 0 Å². The molecule has 296 valence electrons. The molecule has 0 aliphatic rings. The van der Waals surface area contributed by atoms with Crippen LogP contribution in [0.15, 0.2) is 54.6 Å². The number of thioether (sulfide) groups is 1. The lowest BCUT2D eigenvalue weighted by Gasteiger charge is -2.05. The molecule has 0 aromatic heterocycles. The van der Waals surface area contributed by atoms with Crippen LogP contribution in [0.3, 0.4) is 0 Å². The zero-order valence-corrected chi connectivity index (χ0v) is 29.5. The molecule has 2 aromatic carbocycles.